The van der Waals surface area contributed by atoms with Gasteiger partial charge in [0, 0.05) is 31.7 Å². The van der Waals surface area contributed by atoms with Gasteiger partial charge in [-0.25, -0.2) is 4.98 Å². The van der Waals surface area contributed by atoms with Gasteiger partial charge in [-0.05, 0) is 55.8 Å². The van der Waals surface area contributed by atoms with Crippen molar-refractivity contribution in [2.75, 3.05) is 26.7 Å². The van der Waals surface area contributed by atoms with E-state index in [1.54, 1.807) is 30.7 Å². The zero-order valence-electron chi connectivity index (χ0n) is 13.8. The van der Waals surface area contributed by atoms with Crippen molar-refractivity contribution in [3.63, 3.8) is 0 Å². The fourth-order valence-corrected chi connectivity index (χ4v) is 2.93. The number of pyridine rings is 2. The molecule has 0 aliphatic carbocycles. The maximum absolute atomic E-state index is 12.8. The second kappa shape index (κ2) is 7.88. The van der Waals surface area contributed by atoms with E-state index in [2.05, 4.69) is 15.3 Å². The van der Waals surface area contributed by atoms with Crippen LogP contribution in [0.5, 0.6) is 5.75 Å². The van der Waals surface area contributed by atoms with E-state index in [4.69, 9.17) is 4.74 Å². The maximum Gasteiger partial charge on any atom is 0.276 e. The van der Waals surface area contributed by atoms with Crippen molar-refractivity contribution in [1.82, 2.24) is 20.2 Å². The lowest BCUT2D eigenvalue weighted by Gasteiger charge is -2.18. The standard InChI is InChI=1S/C18H22N4O2/c1-19-11-15-6-10-22(12-15)18(23)17-16(3-2-7-21-17)24-13-14-4-8-20-9-5-14/h2-5,7-9,15,19H,6,10-13H2,1H3/t15-/m1/s1. The summed E-state index contributed by atoms with van der Waals surface area (Å²) in [5.74, 6) is 0.971. The minimum absolute atomic E-state index is 0.0565. The Labute approximate surface area is 141 Å². The van der Waals surface area contributed by atoms with E-state index < -0.39 is 0 Å². The minimum atomic E-state index is -0.0565. The number of nitrogens with one attached hydrogen (secondary N) is 1. The van der Waals surface area contributed by atoms with E-state index >= 15 is 0 Å². The lowest BCUT2D eigenvalue weighted by atomic mass is 10.1. The van der Waals surface area contributed by atoms with Crippen LogP contribution in [0.4, 0.5) is 0 Å². The average molecular weight is 326 g/mol. The quantitative estimate of drug-likeness (QED) is 0.876. The summed E-state index contributed by atoms with van der Waals surface area (Å²) in [4.78, 5) is 22.9. The summed E-state index contributed by atoms with van der Waals surface area (Å²) in [7, 11) is 1.94. The lowest BCUT2D eigenvalue weighted by molar-refractivity contribution is 0.0776. The van der Waals surface area contributed by atoms with Gasteiger partial charge in [-0.15, -0.1) is 0 Å². The van der Waals surface area contributed by atoms with Gasteiger partial charge in [0.15, 0.2) is 11.4 Å². The Kier molecular flexibility index (Phi) is 5.38. The molecule has 3 rings (SSSR count). The van der Waals surface area contributed by atoms with Gasteiger partial charge in [0.1, 0.15) is 6.61 Å². The number of rotatable bonds is 6. The Morgan fingerprint density at radius 2 is 2.17 bits per heavy atom. The van der Waals surface area contributed by atoms with Crippen LogP contribution in [0.25, 0.3) is 0 Å². The zero-order chi connectivity index (χ0) is 16.8. The highest BCUT2D eigenvalue weighted by Gasteiger charge is 2.28. The first-order chi connectivity index (χ1) is 11.8. The summed E-state index contributed by atoms with van der Waals surface area (Å²) in [6.07, 6.45) is 6.10. The van der Waals surface area contributed by atoms with Crippen LogP contribution in [0, 0.1) is 5.92 Å². The van der Waals surface area contributed by atoms with Gasteiger partial charge in [0.25, 0.3) is 5.91 Å². The van der Waals surface area contributed by atoms with Crippen molar-refractivity contribution < 1.29 is 9.53 Å². The minimum Gasteiger partial charge on any atom is -0.486 e. The van der Waals surface area contributed by atoms with Crippen molar-refractivity contribution in [2.45, 2.75) is 13.0 Å². The van der Waals surface area contributed by atoms with Crippen molar-refractivity contribution >= 4 is 5.91 Å². The summed E-state index contributed by atoms with van der Waals surface area (Å²) in [6, 6.07) is 7.36. The van der Waals surface area contributed by atoms with Crippen molar-refractivity contribution in [2.24, 2.45) is 5.92 Å². The molecule has 6 nitrogen and oxygen atoms in total. The summed E-state index contributed by atoms with van der Waals surface area (Å²) < 4.78 is 5.83. The zero-order valence-corrected chi connectivity index (χ0v) is 13.8. The SMILES string of the molecule is CNC[C@H]1CCN(C(=O)c2ncccc2OCc2ccncc2)C1. The monoisotopic (exact) mass is 326 g/mol. The van der Waals surface area contributed by atoms with Crippen LogP contribution in [-0.2, 0) is 6.61 Å². The summed E-state index contributed by atoms with van der Waals surface area (Å²) in [5, 5.41) is 3.18. The van der Waals surface area contributed by atoms with Crippen molar-refractivity contribution in [3.05, 3.63) is 54.1 Å². The largest absolute Gasteiger partial charge is 0.486 e. The average Bonchev–Trinajstić information content (AvgIpc) is 3.09. The Balaban J connectivity index is 1.68. The molecule has 0 unspecified atom stereocenters. The lowest BCUT2D eigenvalue weighted by Crippen LogP contribution is -2.31. The molecule has 0 spiro atoms. The van der Waals surface area contributed by atoms with Gasteiger partial charge in [0.2, 0.25) is 0 Å². The first-order valence-electron chi connectivity index (χ1n) is 8.18. The number of ether oxygens (including phenoxy) is 1. The first kappa shape index (κ1) is 16.4. The molecule has 1 saturated heterocycles. The van der Waals surface area contributed by atoms with Crippen molar-refractivity contribution in [1.29, 1.82) is 0 Å². The fourth-order valence-electron chi connectivity index (χ4n) is 2.93. The number of carbonyl (C=O) groups excluding carboxylic acids is 1. The van der Waals surface area contributed by atoms with Crippen LogP contribution >= 0.6 is 0 Å². The third-order valence-electron chi connectivity index (χ3n) is 4.18. The number of nitrogens with zero attached hydrogens (tertiary/aromatic N) is 3. The summed E-state index contributed by atoms with van der Waals surface area (Å²) in [6.45, 7) is 2.85. The van der Waals surface area contributed by atoms with E-state index in [0.29, 0.717) is 24.0 Å². The molecule has 0 saturated carbocycles. The summed E-state index contributed by atoms with van der Waals surface area (Å²) in [5.41, 5.74) is 1.39. The molecule has 1 aliphatic heterocycles. The molecule has 0 aromatic carbocycles. The van der Waals surface area contributed by atoms with Crippen LogP contribution in [-0.4, -0.2) is 47.5 Å². The molecule has 24 heavy (non-hydrogen) atoms. The topological polar surface area (TPSA) is 67.4 Å². The van der Waals surface area contributed by atoms with Crippen LogP contribution in [0.3, 0.4) is 0 Å². The molecule has 1 aliphatic rings. The van der Waals surface area contributed by atoms with Crippen molar-refractivity contribution in [3.8, 4) is 5.75 Å². The second-order valence-corrected chi connectivity index (χ2v) is 5.96. The van der Waals surface area contributed by atoms with Crippen LogP contribution in [0.15, 0.2) is 42.9 Å². The van der Waals surface area contributed by atoms with E-state index in [1.807, 2.05) is 24.1 Å². The molecule has 6 heteroatoms. The molecule has 1 amide bonds. The van der Waals surface area contributed by atoms with Gasteiger partial charge < -0.3 is 15.0 Å². The second-order valence-electron chi connectivity index (χ2n) is 5.96. The van der Waals surface area contributed by atoms with Gasteiger partial charge in [-0.2, -0.15) is 0 Å². The highest BCUT2D eigenvalue weighted by atomic mass is 16.5. The third kappa shape index (κ3) is 3.89. The van der Waals surface area contributed by atoms with E-state index in [1.165, 1.54) is 0 Å². The molecule has 1 atom stereocenters. The van der Waals surface area contributed by atoms with Gasteiger partial charge in [0.05, 0.1) is 0 Å². The van der Waals surface area contributed by atoms with Crippen LogP contribution in [0.2, 0.25) is 0 Å². The molecule has 1 N–H and O–H groups in total. The van der Waals surface area contributed by atoms with Gasteiger partial charge in [-0.1, -0.05) is 0 Å². The molecule has 2 aromatic rings. The third-order valence-corrected chi connectivity index (χ3v) is 4.18. The normalized spacial score (nSPS) is 17.0. The number of hydrogen-bond acceptors (Lipinski definition) is 5. The van der Waals surface area contributed by atoms with Gasteiger partial charge >= 0.3 is 0 Å². The molecular formula is C18H22N4O2. The molecule has 3 heterocycles. The number of hydrogen-bond donors (Lipinski definition) is 1. The number of carbonyl (C=O) groups is 1. The van der Waals surface area contributed by atoms with Crippen LogP contribution in [0.1, 0.15) is 22.5 Å². The Morgan fingerprint density at radius 1 is 1.33 bits per heavy atom. The number of likely N-dealkylation sites (tertiary alicyclic amines) is 1. The number of amides is 1. The molecule has 0 bridgehead atoms. The summed E-state index contributed by atoms with van der Waals surface area (Å²) >= 11 is 0. The van der Waals surface area contributed by atoms with Gasteiger partial charge in [-0.3, -0.25) is 9.78 Å². The highest BCUT2D eigenvalue weighted by molar-refractivity contribution is 5.95. The Morgan fingerprint density at radius 3 is 2.96 bits per heavy atom. The Hall–Kier alpha value is -2.47. The maximum atomic E-state index is 12.8. The van der Waals surface area contributed by atoms with E-state index in [0.717, 1.165) is 31.6 Å². The molecule has 1 fully saturated rings. The predicted octanol–water partition coefficient (Wildman–Crippen LogP) is 1.74. The predicted molar refractivity (Wildman–Crippen MR) is 90.7 cm³/mol. The molecule has 0 radical (unpaired) electrons. The first-order valence-corrected chi connectivity index (χ1v) is 8.18. The molecule has 126 valence electrons. The molecule has 2 aromatic heterocycles. The van der Waals surface area contributed by atoms with E-state index in [-0.39, 0.29) is 5.91 Å². The Bertz CT molecular complexity index is 678. The molecular weight excluding hydrogens is 304 g/mol. The number of aromatic nitrogens is 2. The van der Waals surface area contributed by atoms with Crippen LogP contribution < -0.4 is 10.1 Å². The highest BCUT2D eigenvalue weighted by Crippen LogP contribution is 2.23. The fraction of sp³-hybridized carbons (Fsp3) is 0.389. The smallest absolute Gasteiger partial charge is 0.276 e. The van der Waals surface area contributed by atoms with E-state index in [9.17, 15) is 4.79 Å².